The summed E-state index contributed by atoms with van der Waals surface area (Å²) in [5.41, 5.74) is 4.43. The van der Waals surface area contributed by atoms with E-state index >= 15 is 0 Å². The van der Waals surface area contributed by atoms with E-state index < -0.39 is 5.41 Å². The first kappa shape index (κ1) is 32.6. The minimum Gasteiger partial charge on any atom is -0.485 e. The van der Waals surface area contributed by atoms with Crippen LogP contribution in [0.1, 0.15) is 59.5 Å². The molecule has 0 aliphatic heterocycles. The highest BCUT2D eigenvalue weighted by Crippen LogP contribution is 2.49. The van der Waals surface area contributed by atoms with Gasteiger partial charge in [-0.3, -0.25) is 19.2 Å². The van der Waals surface area contributed by atoms with Gasteiger partial charge in [-0.25, -0.2) is 0 Å². The van der Waals surface area contributed by atoms with E-state index in [0.29, 0.717) is 68.6 Å². The number of hydrogen-bond acceptors (Lipinski definition) is 6. The van der Waals surface area contributed by atoms with Crippen molar-refractivity contribution in [1.82, 2.24) is 0 Å². The Bertz CT molecular complexity index is 1650. The molecule has 228 valence electrons. The Balaban J connectivity index is 2.12. The van der Waals surface area contributed by atoms with Crippen molar-refractivity contribution < 1.29 is 28.7 Å². The largest absolute Gasteiger partial charge is 0.485 e. The Hall–Kier alpha value is -5.36. The number of allylic oxidation sites excluding steroid dienone is 2. The summed E-state index contributed by atoms with van der Waals surface area (Å²) < 4.78 is 12.3. The van der Waals surface area contributed by atoms with E-state index in [1.54, 1.807) is 38.1 Å². The minimum atomic E-state index is -0.904. The van der Waals surface area contributed by atoms with Gasteiger partial charge < -0.3 is 9.47 Å². The first-order chi connectivity index (χ1) is 21.5. The van der Waals surface area contributed by atoms with E-state index in [4.69, 9.17) is 9.47 Å². The zero-order chi connectivity index (χ0) is 32.7. The predicted molar refractivity (Wildman–Crippen MR) is 177 cm³/mol. The number of ether oxygens (including phenoxy) is 2. The summed E-state index contributed by atoms with van der Waals surface area (Å²) in [6, 6.07) is 25.8. The second kappa shape index (κ2) is 14.0. The van der Waals surface area contributed by atoms with Crippen LogP contribution in [-0.2, 0) is 15.0 Å². The van der Waals surface area contributed by atoms with Crippen molar-refractivity contribution in [2.75, 3.05) is 13.2 Å². The van der Waals surface area contributed by atoms with Gasteiger partial charge in [0, 0.05) is 38.8 Å². The lowest BCUT2D eigenvalue weighted by Crippen LogP contribution is -2.24. The normalized spacial score (nSPS) is 10.9. The number of aldehydes is 2. The molecule has 4 aromatic carbocycles. The maximum absolute atomic E-state index is 13.4. The van der Waals surface area contributed by atoms with Gasteiger partial charge in [0.15, 0.2) is 24.1 Å². The van der Waals surface area contributed by atoms with E-state index in [0.717, 1.165) is 11.1 Å². The quantitative estimate of drug-likeness (QED) is 0.0828. The zero-order valence-electron chi connectivity index (χ0n) is 26.0. The molecule has 6 heteroatoms. The summed E-state index contributed by atoms with van der Waals surface area (Å²) in [5, 5.41) is 0. The number of benzene rings is 4. The second-order valence-electron chi connectivity index (χ2n) is 11.3. The molecule has 0 amide bonds. The molecular formula is C39H36O6. The van der Waals surface area contributed by atoms with Crippen molar-refractivity contribution in [2.45, 2.75) is 33.1 Å². The molecule has 4 rings (SSSR count). The maximum Gasteiger partial charge on any atom is 0.188 e. The van der Waals surface area contributed by atoms with Crippen LogP contribution in [0, 0.1) is 0 Å². The third-order valence-corrected chi connectivity index (χ3v) is 7.64. The molecule has 0 N–H and O–H groups in total. The third-order valence-electron chi connectivity index (χ3n) is 7.64. The van der Waals surface area contributed by atoms with Crippen molar-refractivity contribution in [1.29, 1.82) is 0 Å². The zero-order valence-corrected chi connectivity index (χ0v) is 26.0. The molecule has 4 aromatic rings. The number of Topliss-reactive ketones (excluding diaryl/α,β-unsaturated/α-hetero) is 2. The maximum atomic E-state index is 13.4. The third kappa shape index (κ3) is 6.60. The molecule has 0 radical (unpaired) electrons. The molecule has 0 fully saturated rings. The van der Waals surface area contributed by atoms with Crippen molar-refractivity contribution in [3.63, 3.8) is 0 Å². The van der Waals surface area contributed by atoms with Crippen LogP contribution >= 0.6 is 0 Å². The molecule has 0 aliphatic rings. The van der Waals surface area contributed by atoms with Crippen LogP contribution in [-0.4, -0.2) is 37.4 Å². The molecular weight excluding hydrogens is 564 g/mol. The van der Waals surface area contributed by atoms with Gasteiger partial charge in [-0.15, -0.1) is 0 Å². The lowest BCUT2D eigenvalue weighted by molar-refractivity contribution is -0.110. The number of hydrogen-bond donors (Lipinski definition) is 0. The van der Waals surface area contributed by atoms with Crippen LogP contribution < -0.4 is 9.47 Å². The van der Waals surface area contributed by atoms with Crippen LogP contribution in [0.4, 0.5) is 0 Å². The number of ketones is 2. The molecule has 0 saturated carbocycles. The molecule has 45 heavy (non-hydrogen) atoms. The van der Waals surface area contributed by atoms with Crippen LogP contribution in [0.25, 0.3) is 22.3 Å². The van der Waals surface area contributed by atoms with Gasteiger partial charge in [0.1, 0.15) is 24.7 Å². The van der Waals surface area contributed by atoms with Gasteiger partial charge >= 0.3 is 0 Å². The summed E-state index contributed by atoms with van der Waals surface area (Å²) in [6.45, 7) is 14.5. The smallest absolute Gasteiger partial charge is 0.188 e. The highest BCUT2D eigenvalue weighted by Gasteiger charge is 2.35. The van der Waals surface area contributed by atoms with E-state index in [1.165, 1.54) is 0 Å². The summed E-state index contributed by atoms with van der Waals surface area (Å²) in [7, 11) is 0. The number of carbonyl (C=O) groups is 4. The van der Waals surface area contributed by atoms with Crippen molar-refractivity contribution in [3.05, 3.63) is 131 Å². The Morgan fingerprint density at radius 3 is 1.29 bits per heavy atom. The molecule has 0 heterocycles. The van der Waals surface area contributed by atoms with Crippen molar-refractivity contribution in [3.8, 4) is 33.8 Å². The van der Waals surface area contributed by atoms with Crippen LogP contribution in [0.5, 0.6) is 11.5 Å². The molecule has 0 atom stereocenters. The van der Waals surface area contributed by atoms with Gasteiger partial charge in [-0.05, 0) is 48.3 Å². The lowest BCUT2D eigenvalue weighted by Gasteiger charge is -2.33. The second-order valence-corrected chi connectivity index (χ2v) is 11.3. The first-order valence-electron chi connectivity index (χ1n) is 14.5. The summed E-state index contributed by atoms with van der Waals surface area (Å²) in [6.07, 6.45) is 1.31. The van der Waals surface area contributed by atoms with Crippen LogP contribution in [0.15, 0.2) is 109 Å². The summed E-state index contributed by atoms with van der Waals surface area (Å²) in [4.78, 5) is 50.1. The topological polar surface area (TPSA) is 86.7 Å². The van der Waals surface area contributed by atoms with Gasteiger partial charge in [-0.1, -0.05) is 99.8 Å². The van der Waals surface area contributed by atoms with Crippen LogP contribution in [0.3, 0.4) is 0 Å². The van der Waals surface area contributed by atoms with Gasteiger partial charge in [0.2, 0.25) is 0 Å². The Morgan fingerprint density at radius 1 is 0.622 bits per heavy atom. The lowest BCUT2D eigenvalue weighted by atomic mass is 9.73. The molecule has 0 saturated heterocycles. The molecule has 0 aliphatic carbocycles. The van der Waals surface area contributed by atoms with Gasteiger partial charge in [-0.2, -0.15) is 0 Å². The average Bonchev–Trinajstić information content (AvgIpc) is 3.05. The molecule has 6 nitrogen and oxygen atoms in total. The van der Waals surface area contributed by atoms with E-state index in [9.17, 15) is 19.2 Å². The van der Waals surface area contributed by atoms with Crippen LogP contribution in [0.2, 0.25) is 0 Å². The molecule has 0 unspecified atom stereocenters. The van der Waals surface area contributed by atoms with Gasteiger partial charge in [0.05, 0.1) is 0 Å². The van der Waals surface area contributed by atoms with Gasteiger partial charge in [0.25, 0.3) is 0 Å². The fourth-order valence-corrected chi connectivity index (χ4v) is 5.45. The molecule has 0 aromatic heterocycles. The fraction of sp³-hybridized carbons (Fsp3) is 0.179. The molecule has 0 spiro atoms. The SMILES string of the molecule is C=C(C)C(=O)c1ccc(C(C)(C)c2ccc(C(=O)C(=C)C)c(-c3ccccc3)c2OCC=O)c(OCC=O)c1-c1ccccc1. The minimum absolute atomic E-state index is 0.247. The summed E-state index contributed by atoms with van der Waals surface area (Å²) in [5.74, 6) is 0.210. The highest BCUT2D eigenvalue weighted by molar-refractivity contribution is 6.14. The Morgan fingerprint density at radius 2 is 0.978 bits per heavy atom. The van der Waals surface area contributed by atoms with Crippen molar-refractivity contribution in [2.24, 2.45) is 0 Å². The van der Waals surface area contributed by atoms with E-state index in [2.05, 4.69) is 13.2 Å². The summed E-state index contributed by atoms with van der Waals surface area (Å²) >= 11 is 0. The number of carbonyl (C=O) groups excluding carboxylic acids is 4. The van der Waals surface area contributed by atoms with Crippen molar-refractivity contribution >= 4 is 24.1 Å². The Kier molecular flexibility index (Phi) is 10.1. The van der Waals surface area contributed by atoms with E-state index in [1.807, 2.05) is 74.5 Å². The predicted octanol–water partition coefficient (Wildman–Crippen LogP) is 8.02. The average molecular weight is 601 g/mol. The standard InChI is InChI=1S/C39H36O6/c1-25(2)35(42)29-17-19-31(37(44-23-21-40)33(29)27-13-9-7-10-14-27)39(5,6)32-20-18-30(36(43)26(3)4)34(38(32)45-24-22-41)28-15-11-8-12-16-28/h7-22H,1,3,23-24H2,2,4-6H3. The fourth-order valence-electron chi connectivity index (χ4n) is 5.45. The molecule has 0 bridgehead atoms. The van der Waals surface area contributed by atoms with E-state index in [-0.39, 0.29) is 24.8 Å². The highest BCUT2D eigenvalue weighted by atomic mass is 16.5. The Labute approximate surface area is 264 Å². The monoisotopic (exact) mass is 600 g/mol. The first-order valence-corrected chi connectivity index (χ1v) is 14.5. The number of rotatable bonds is 14.